The highest BCUT2D eigenvalue weighted by Gasteiger charge is 2.32. The van der Waals surface area contributed by atoms with Crippen molar-refractivity contribution in [1.82, 2.24) is 4.98 Å². The molecule has 0 saturated carbocycles. The van der Waals surface area contributed by atoms with Crippen molar-refractivity contribution in [3.63, 3.8) is 0 Å². The first-order valence-corrected chi connectivity index (χ1v) is 11.9. The maximum atomic E-state index is 12.3. The molecule has 29 heavy (non-hydrogen) atoms. The molecule has 150 valence electrons. The van der Waals surface area contributed by atoms with Crippen LogP contribution in [0.3, 0.4) is 0 Å². The van der Waals surface area contributed by atoms with Gasteiger partial charge >= 0.3 is 0 Å². The Morgan fingerprint density at radius 3 is 2.72 bits per heavy atom. The van der Waals surface area contributed by atoms with Gasteiger partial charge in [-0.2, -0.15) is 8.42 Å². The topological polar surface area (TPSA) is 95.2 Å². The molecule has 2 aliphatic rings. The quantitative estimate of drug-likeness (QED) is 0.470. The lowest BCUT2D eigenvalue weighted by molar-refractivity contribution is 0.481. The van der Waals surface area contributed by atoms with Gasteiger partial charge in [0.2, 0.25) is 5.13 Å². The van der Waals surface area contributed by atoms with Crippen molar-refractivity contribution in [2.45, 2.75) is 37.5 Å². The van der Waals surface area contributed by atoms with E-state index in [9.17, 15) is 13.0 Å². The van der Waals surface area contributed by atoms with Gasteiger partial charge in [0.1, 0.15) is 10.6 Å². The predicted octanol–water partition coefficient (Wildman–Crippen LogP) is 4.97. The molecule has 3 heterocycles. The molecular formula is C20H20N4O3S2. The molecule has 0 radical (unpaired) electrons. The second-order valence-electron chi connectivity index (χ2n) is 7.55. The Bertz CT molecular complexity index is 1260. The fourth-order valence-electron chi connectivity index (χ4n) is 4.34. The van der Waals surface area contributed by atoms with Crippen LogP contribution in [0.5, 0.6) is 0 Å². The Morgan fingerprint density at radius 2 is 1.93 bits per heavy atom. The van der Waals surface area contributed by atoms with Crippen molar-refractivity contribution in [1.29, 1.82) is 0 Å². The van der Waals surface area contributed by atoms with Crippen LogP contribution in [0.25, 0.3) is 10.2 Å². The van der Waals surface area contributed by atoms with Gasteiger partial charge in [0.25, 0.3) is 10.1 Å². The van der Waals surface area contributed by atoms with E-state index in [-0.39, 0.29) is 10.6 Å². The first-order chi connectivity index (χ1) is 13.9. The smallest absolute Gasteiger partial charge is 0.297 e. The average molecular weight is 429 g/mol. The van der Waals surface area contributed by atoms with Crippen LogP contribution >= 0.6 is 11.3 Å². The number of nitrogens with zero attached hydrogens (tertiary/aromatic N) is 4. The number of benzene rings is 2. The summed E-state index contributed by atoms with van der Waals surface area (Å²) in [5.74, 6) is 0. The Hall–Kier alpha value is -2.36. The van der Waals surface area contributed by atoms with E-state index >= 15 is 0 Å². The summed E-state index contributed by atoms with van der Waals surface area (Å²) in [6.07, 6.45) is 3.35. The molecule has 0 aliphatic carbocycles. The van der Waals surface area contributed by atoms with Crippen molar-refractivity contribution in [2.24, 2.45) is 10.2 Å². The third-order valence-corrected chi connectivity index (χ3v) is 7.36. The van der Waals surface area contributed by atoms with E-state index in [0.29, 0.717) is 17.1 Å². The molecule has 0 fully saturated rings. The van der Waals surface area contributed by atoms with E-state index in [1.807, 2.05) is 25.1 Å². The minimum atomic E-state index is -4.43. The van der Waals surface area contributed by atoms with Gasteiger partial charge in [-0.1, -0.05) is 17.4 Å². The number of fused-ring (bicyclic) bond motifs is 1. The van der Waals surface area contributed by atoms with E-state index in [1.165, 1.54) is 11.3 Å². The minimum Gasteiger partial charge on any atom is -0.371 e. The van der Waals surface area contributed by atoms with Crippen LogP contribution in [0.1, 0.15) is 29.5 Å². The third-order valence-electron chi connectivity index (χ3n) is 5.49. The molecule has 2 aromatic carbocycles. The van der Waals surface area contributed by atoms with E-state index in [4.69, 9.17) is 0 Å². The number of aryl methyl sites for hydroxylation is 2. The van der Waals surface area contributed by atoms with Crippen LogP contribution in [0.15, 0.2) is 39.4 Å². The number of rotatable bonds is 3. The van der Waals surface area contributed by atoms with Crippen molar-refractivity contribution in [2.75, 3.05) is 18.0 Å². The highest BCUT2D eigenvalue weighted by molar-refractivity contribution is 7.86. The van der Waals surface area contributed by atoms with Crippen molar-refractivity contribution in [3.8, 4) is 0 Å². The van der Waals surface area contributed by atoms with Gasteiger partial charge in [0.15, 0.2) is 0 Å². The van der Waals surface area contributed by atoms with Crippen molar-refractivity contribution >= 4 is 48.2 Å². The fraction of sp³-hybridized carbons (Fsp3) is 0.350. The van der Waals surface area contributed by atoms with Crippen molar-refractivity contribution in [3.05, 3.63) is 41.0 Å². The summed E-state index contributed by atoms with van der Waals surface area (Å²) in [4.78, 5) is 6.57. The van der Waals surface area contributed by atoms with Gasteiger partial charge in [-0.15, -0.1) is 10.2 Å². The largest absolute Gasteiger partial charge is 0.371 e. The number of anilines is 1. The summed E-state index contributed by atoms with van der Waals surface area (Å²) in [5, 5.41) is 8.92. The predicted molar refractivity (Wildman–Crippen MR) is 114 cm³/mol. The van der Waals surface area contributed by atoms with Gasteiger partial charge in [0.05, 0.1) is 10.2 Å². The Morgan fingerprint density at radius 1 is 1.14 bits per heavy atom. The molecule has 5 rings (SSSR count). The normalized spacial score (nSPS) is 16.6. The lowest BCUT2D eigenvalue weighted by Gasteiger charge is -2.37. The van der Waals surface area contributed by atoms with E-state index in [0.717, 1.165) is 59.4 Å². The highest BCUT2D eigenvalue weighted by Crippen LogP contribution is 2.44. The van der Waals surface area contributed by atoms with Crippen molar-refractivity contribution < 1.29 is 13.0 Å². The molecule has 1 aromatic heterocycles. The Balaban J connectivity index is 1.65. The molecule has 0 unspecified atom stereocenters. The average Bonchev–Trinajstić information content (AvgIpc) is 3.07. The van der Waals surface area contributed by atoms with E-state index < -0.39 is 10.1 Å². The summed E-state index contributed by atoms with van der Waals surface area (Å²) in [5.41, 5.74) is 4.87. The summed E-state index contributed by atoms with van der Waals surface area (Å²) in [6.45, 7) is 3.84. The molecular weight excluding hydrogens is 408 g/mol. The molecule has 0 atom stereocenters. The van der Waals surface area contributed by atoms with E-state index in [2.05, 4.69) is 20.1 Å². The number of hydrogen-bond acceptors (Lipinski definition) is 7. The number of azo groups is 1. The molecule has 0 amide bonds. The van der Waals surface area contributed by atoms with Crippen LogP contribution in [0, 0.1) is 6.92 Å². The number of thiazole rings is 1. The first kappa shape index (κ1) is 18.7. The standard InChI is InChI=1S/C20H20N4O3S2/c1-12-6-7-15-17(10-12)28-20(21-15)23-22-16-11-13-4-2-8-24-9-3-5-14(18(13)24)19(16)29(25,26)27/h6-7,10-11H,2-5,8-9H2,1H3,(H,25,26,27). The number of hydrogen-bond donors (Lipinski definition) is 1. The van der Waals surface area contributed by atoms with Gasteiger partial charge in [-0.25, -0.2) is 4.98 Å². The zero-order valence-electron chi connectivity index (χ0n) is 15.9. The Kier molecular flexibility index (Phi) is 4.41. The molecule has 9 heteroatoms. The second-order valence-corrected chi connectivity index (χ2v) is 9.92. The van der Waals surface area contributed by atoms with Crippen LogP contribution in [-0.4, -0.2) is 31.0 Å². The molecule has 7 nitrogen and oxygen atoms in total. The second kappa shape index (κ2) is 6.86. The lowest BCUT2D eigenvalue weighted by atomic mass is 9.91. The van der Waals surface area contributed by atoms with Crippen LogP contribution in [0.4, 0.5) is 16.5 Å². The molecule has 2 aliphatic heterocycles. The molecule has 0 spiro atoms. The summed E-state index contributed by atoms with van der Waals surface area (Å²) >= 11 is 1.40. The van der Waals surface area contributed by atoms with Gasteiger partial charge in [-0.05, 0) is 67.5 Å². The zero-order chi connectivity index (χ0) is 20.2. The minimum absolute atomic E-state index is 0.108. The van der Waals surface area contributed by atoms with Gasteiger partial charge in [0, 0.05) is 18.8 Å². The SMILES string of the molecule is Cc1ccc2nc(N=Nc3cc4c5c(c3S(=O)(=O)O)CCCN5CCC4)sc2c1. The summed E-state index contributed by atoms with van der Waals surface area (Å²) < 4.78 is 35.5. The van der Waals surface area contributed by atoms with Crippen LogP contribution in [-0.2, 0) is 23.0 Å². The zero-order valence-corrected chi connectivity index (χ0v) is 17.6. The fourth-order valence-corrected chi connectivity index (χ4v) is 6.09. The third kappa shape index (κ3) is 3.33. The Labute approximate surface area is 172 Å². The molecule has 0 bridgehead atoms. The first-order valence-electron chi connectivity index (χ1n) is 9.60. The molecule has 0 saturated heterocycles. The van der Waals surface area contributed by atoms with Crippen LogP contribution in [0.2, 0.25) is 0 Å². The van der Waals surface area contributed by atoms with E-state index in [1.54, 1.807) is 6.07 Å². The lowest BCUT2D eigenvalue weighted by Crippen LogP contribution is -2.35. The molecule has 3 aromatic rings. The number of aromatic nitrogens is 1. The monoisotopic (exact) mass is 428 g/mol. The maximum absolute atomic E-state index is 12.3. The van der Waals surface area contributed by atoms with Crippen LogP contribution < -0.4 is 4.90 Å². The van der Waals surface area contributed by atoms with Gasteiger partial charge < -0.3 is 4.90 Å². The maximum Gasteiger partial charge on any atom is 0.297 e. The van der Waals surface area contributed by atoms with Gasteiger partial charge in [-0.3, -0.25) is 4.55 Å². The molecule has 1 N–H and O–H groups in total. The summed E-state index contributed by atoms with van der Waals surface area (Å²) in [6, 6.07) is 7.72. The summed E-state index contributed by atoms with van der Waals surface area (Å²) in [7, 11) is -4.43. The highest BCUT2D eigenvalue weighted by atomic mass is 32.2.